The van der Waals surface area contributed by atoms with Crippen LogP contribution in [0, 0.1) is 20.8 Å². The van der Waals surface area contributed by atoms with E-state index in [2.05, 4.69) is 36.3 Å². The van der Waals surface area contributed by atoms with Crippen LogP contribution in [0.3, 0.4) is 0 Å². The number of nitrogens with one attached hydrogen (secondary N) is 1. The average molecular weight is 262 g/mol. The predicted molar refractivity (Wildman–Crippen MR) is 74.0 cm³/mol. The lowest BCUT2D eigenvalue weighted by Gasteiger charge is -2.08. The van der Waals surface area contributed by atoms with Crippen molar-refractivity contribution < 1.29 is 4.52 Å². The molecule has 0 aliphatic carbocycles. The molecular formula is C14H22N4O. The molecule has 104 valence electrons. The Morgan fingerprint density at radius 3 is 2.63 bits per heavy atom. The first-order chi connectivity index (χ1) is 8.97. The minimum Gasteiger partial charge on any atom is -0.359 e. The molecule has 0 saturated carbocycles. The minimum atomic E-state index is 0.471. The first kappa shape index (κ1) is 13.8. The number of nitrogens with zero attached hydrogens (tertiary/aromatic N) is 3. The van der Waals surface area contributed by atoms with Gasteiger partial charge in [0, 0.05) is 29.9 Å². The van der Waals surface area contributed by atoms with Crippen LogP contribution >= 0.6 is 0 Å². The van der Waals surface area contributed by atoms with E-state index in [0.29, 0.717) is 12.6 Å². The summed E-state index contributed by atoms with van der Waals surface area (Å²) in [6.45, 7) is 11.8. The van der Waals surface area contributed by atoms with E-state index in [9.17, 15) is 0 Å². The Labute approximate surface area is 114 Å². The molecular weight excluding hydrogens is 240 g/mol. The summed E-state index contributed by atoms with van der Waals surface area (Å²) in [4.78, 5) is 0. The topological polar surface area (TPSA) is 55.9 Å². The second-order valence-corrected chi connectivity index (χ2v) is 5.28. The molecule has 0 aliphatic heterocycles. The first-order valence-corrected chi connectivity index (χ1v) is 6.66. The summed E-state index contributed by atoms with van der Waals surface area (Å²) < 4.78 is 7.22. The average Bonchev–Trinajstić information content (AvgIpc) is 2.83. The number of aryl methyl sites for hydroxylation is 2. The van der Waals surface area contributed by atoms with Crippen molar-refractivity contribution in [2.45, 2.75) is 53.8 Å². The zero-order valence-corrected chi connectivity index (χ0v) is 12.3. The maximum Gasteiger partial charge on any atom is 0.158 e. The summed E-state index contributed by atoms with van der Waals surface area (Å²) in [5.41, 5.74) is 4.42. The maximum absolute atomic E-state index is 5.24. The summed E-state index contributed by atoms with van der Waals surface area (Å²) in [5, 5.41) is 11.9. The van der Waals surface area contributed by atoms with E-state index in [4.69, 9.17) is 4.52 Å². The molecule has 2 rings (SSSR count). The van der Waals surface area contributed by atoms with E-state index in [-0.39, 0.29) is 0 Å². The molecule has 2 aromatic rings. The molecule has 19 heavy (non-hydrogen) atoms. The lowest BCUT2D eigenvalue weighted by molar-refractivity contribution is 0.366. The number of hydrogen-bond donors (Lipinski definition) is 1. The van der Waals surface area contributed by atoms with Crippen LogP contribution in [-0.4, -0.2) is 21.0 Å². The SMILES string of the molecule is Cc1cc(Cn2nc(C)c(CNC(C)C)c2C)on1. The lowest BCUT2D eigenvalue weighted by atomic mass is 10.2. The van der Waals surface area contributed by atoms with E-state index < -0.39 is 0 Å². The molecule has 2 heterocycles. The van der Waals surface area contributed by atoms with Crippen LogP contribution in [0.25, 0.3) is 0 Å². The Hall–Kier alpha value is -1.62. The highest BCUT2D eigenvalue weighted by Gasteiger charge is 2.13. The molecule has 0 aromatic carbocycles. The van der Waals surface area contributed by atoms with Crippen LogP contribution in [0.15, 0.2) is 10.6 Å². The number of rotatable bonds is 5. The molecule has 0 fully saturated rings. The van der Waals surface area contributed by atoms with E-state index in [1.807, 2.05) is 24.6 Å². The van der Waals surface area contributed by atoms with E-state index in [1.165, 1.54) is 11.3 Å². The van der Waals surface area contributed by atoms with Gasteiger partial charge in [0.1, 0.15) is 6.54 Å². The van der Waals surface area contributed by atoms with Crippen LogP contribution in [0.4, 0.5) is 0 Å². The Kier molecular flexibility index (Phi) is 4.04. The molecule has 0 saturated heterocycles. The fourth-order valence-corrected chi connectivity index (χ4v) is 2.09. The zero-order valence-electron chi connectivity index (χ0n) is 12.3. The third kappa shape index (κ3) is 3.23. The third-order valence-corrected chi connectivity index (χ3v) is 3.20. The van der Waals surface area contributed by atoms with Gasteiger partial charge in [-0.3, -0.25) is 4.68 Å². The maximum atomic E-state index is 5.24. The van der Waals surface area contributed by atoms with Gasteiger partial charge in [-0.15, -0.1) is 0 Å². The van der Waals surface area contributed by atoms with Crippen molar-refractivity contribution in [3.8, 4) is 0 Å². The van der Waals surface area contributed by atoms with Crippen molar-refractivity contribution in [2.75, 3.05) is 0 Å². The normalized spacial score (nSPS) is 11.5. The smallest absolute Gasteiger partial charge is 0.158 e. The molecule has 0 atom stereocenters. The fourth-order valence-electron chi connectivity index (χ4n) is 2.09. The van der Waals surface area contributed by atoms with Gasteiger partial charge in [-0.05, 0) is 20.8 Å². The Morgan fingerprint density at radius 2 is 2.05 bits per heavy atom. The highest BCUT2D eigenvalue weighted by atomic mass is 16.5. The van der Waals surface area contributed by atoms with Gasteiger partial charge < -0.3 is 9.84 Å². The number of aromatic nitrogens is 3. The monoisotopic (exact) mass is 262 g/mol. The molecule has 5 heteroatoms. The van der Waals surface area contributed by atoms with Gasteiger partial charge in [-0.1, -0.05) is 19.0 Å². The zero-order chi connectivity index (χ0) is 14.0. The van der Waals surface area contributed by atoms with Crippen molar-refractivity contribution in [3.05, 3.63) is 34.5 Å². The highest BCUT2D eigenvalue weighted by molar-refractivity contribution is 5.25. The second-order valence-electron chi connectivity index (χ2n) is 5.28. The van der Waals surface area contributed by atoms with Crippen LogP contribution in [-0.2, 0) is 13.1 Å². The van der Waals surface area contributed by atoms with Crippen molar-refractivity contribution in [3.63, 3.8) is 0 Å². The van der Waals surface area contributed by atoms with Crippen LogP contribution in [0.1, 0.15) is 42.3 Å². The second kappa shape index (κ2) is 5.57. The number of hydrogen-bond acceptors (Lipinski definition) is 4. The molecule has 0 unspecified atom stereocenters. The summed E-state index contributed by atoms with van der Waals surface area (Å²) in [6, 6.07) is 2.42. The van der Waals surface area contributed by atoms with Crippen molar-refractivity contribution in [1.29, 1.82) is 0 Å². The van der Waals surface area contributed by atoms with Gasteiger partial charge in [0.25, 0.3) is 0 Å². The van der Waals surface area contributed by atoms with Crippen LogP contribution in [0.5, 0.6) is 0 Å². The Morgan fingerprint density at radius 1 is 1.32 bits per heavy atom. The van der Waals surface area contributed by atoms with E-state index in [1.54, 1.807) is 0 Å². The molecule has 0 radical (unpaired) electrons. The molecule has 2 aromatic heterocycles. The van der Waals surface area contributed by atoms with Gasteiger partial charge >= 0.3 is 0 Å². The van der Waals surface area contributed by atoms with Gasteiger partial charge in [-0.2, -0.15) is 5.10 Å². The van der Waals surface area contributed by atoms with Gasteiger partial charge in [0.05, 0.1) is 11.4 Å². The van der Waals surface area contributed by atoms with Gasteiger partial charge in [0.15, 0.2) is 5.76 Å². The van der Waals surface area contributed by atoms with Gasteiger partial charge in [-0.25, -0.2) is 0 Å². The van der Waals surface area contributed by atoms with E-state index >= 15 is 0 Å². The molecule has 0 amide bonds. The van der Waals surface area contributed by atoms with Gasteiger partial charge in [0.2, 0.25) is 0 Å². The quantitative estimate of drug-likeness (QED) is 0.898. The minimum absolute atomic E-state index is 0.471. The Bertz CT molecular complexity index is 554. The lowest BCUT2D eigenvalue weighted by Crippen LogP contribution is -2.22. The largest absolute Gasteiger partial charge is 0.359 e. The molecule has 0 spiro atoms. The summed E-state index contributed by atoms with van der Waals surface area (Å²) in [5.74, 6) is 0.839. The predicted octanol–water partition coefficient (Wildman–Crippen LogP) is 2.34. The molecule has 0 aliphatic rings. The highest BCUT2D eigenvalue weighted by Crippen LogP contribution is 2.15. The standard InChI is InChI=1S/C14H22N4O/c1-9(2)15-7-14-11(4)16-18(12(14)5)8-13-6-10(3)17-19-13/h6,9,15H,7-8H2,1-5H3. The van der Waals surface area contributed by atoms with Crippen molar-refractivity contribution >= 4 is 0 Å². The molecule has 1 N–H and O–H groups in total. The van der Waals surface area contributed by atoms with Crippen LogP contribution < -0.4 is 5.32 Å². The van der Waals surface area contributed by atoms with Crippen LogP contribution in [0.2, 0.25) is 0 Å². The molecule has 0 bridgehead atoms. The summed E-state index contributed by atoms with van der Waals surface area (Å²) >= 11 is 0. The van der Waals surface area contributed by atoms with Crippen molar-refractivity contribution in [1.82, 2.24) is 20.3 Å². The molecule has 5 nitrogen and oxygen atoms in total. The summed E-state index contributed by atoms with van der Waals surface area (Å²) in [7, 11) is 0. The third-order valence-electron chi connectivity index (χ3n) is 3.20. The summed E-state index contributed by atoms with van der Waals surface area (Å²) in [6.07, 6.45) is 0. The Balaban J connectivity index is 2.16. The van der Waals surface area contributed by atoms with Crippen molar-refractivity contribution in [2.24, 2.45) is 0 Å². The first-order valence-electron chi connectivity index (χ1n) is 6.66. The van der Waals surface area contributed by atoms with E-state index in [0.717, 1.165) is 23.7 Å². The fraction of sp³-hybridized carbons (Fsp3) is 0.571.